The number of hydrogen-bond donors (Lipinski definition) is 2. The molecule has 0 heterocycles. The van der Waals surface area contributed by atoms with Gasteiger partial charge in [0.25, 0.3) is 0 Å². The predicted molar refractivity (Wildman–Crippen MR) is 105 cm³/mol. The average Bonchev–Trinajstić information content (AvgIpc) is 2.90. The summed E-state index contributed by atoms with van der Waals surface area (Å²) in [5, 5.41) is 21.2. The van der Waals surface area contributed by atoms with Crippen molar-refractivity contribution in [2.45, 2.75) is 69.8 Å². The maximum atomic E-state index is 11.4. The number of halogens is 1. The molecule has 2 nitrogen and oxygen atoms in total. The van der Waals surface area contributed by atoms with E-state index in [0.717, 1.165) is 51.4 Å². The Morgan fingerprint density at radius 2 is 2.08 bits per heavy atom. The molecule has 2 saturated carbocycles. The molecule has 3 aliphatic rings. The highest BCUT2D eigenvalue weighted by atomic mass is 35.5. The van der Waals surface area contributed by atoms with E-state index >= 15 is 0 Å². The second-order valence-electron chi connectivity index (χ2n) is 8.75. The van der Waals surface area contributed by atoms with Crippen molar-refractivity contribution in [3.63, 3.8) is 0 Å². The van der Waals surface area contributed by atoms with Crippen LogP contribution in [0.15, 0.2) is 18.2 Å². The minimum Gasteiger partial charge on any atom is -0.508 e. The van der Waals surface area contributed by atoms with Gasteiger partial charge in [-0.15, -0.1) is 17.5 Å². The first kappa shape index (κ1) is 18.2. The lowest BCUT2D eigenvalue weighted by Gasteiger charge is -2.52. The molecule has 0 spiro atoms. The van der Waals surface area contributed by atoms with Crippen LogP contribution in [0, 0.1) is 29.1 Å². The van der Waals surface area contributed by atoms with Crippen molar-refractivity contribution in [3.8, 4) is 17.6 Å². The van der Waals surface area contributed by atoms with Crippen molar-refractivity contribution in [2.24, 2.45) is 17.3 Å². The van der Waals surface area contributed by atoms with E-state index in [0.29, 0.717) is 29.4 Å². The number of benzene rings is 1. The molecular formula is C23H29ClO2. The molecule has 4 rings (SSSR count). The zero-order chi connectivity index (χ0) is 18.4. The van der Waals surface area contributed by atoms with Crippen LogP contribution < -0.4 is 0 Å². The van der Waals surface area contributed by atoms with Crippen molar-refractivity contribution in [2.75, 3.05) is 5.88 Å². The van der Waals surface area contributed by atoms with E-state index in [1.807, 2.05) is 12.1 Å². The molecule has 2 fully saturated rings. The second-order valence-corrected chi connectivity index (χ2v) is 9.13. The Balaban J connectivity index is 1.60. The van der Waals surface area contributed by atoms with Gasteiger partial charge >= 0.3 is 0 Å². The van der Waals surface area contributed by atoms with Gasteiger partial charge in [-0.2, -0.15) is 0 Å². The zero-order valence-electron chi connectivity index (χ0n) is 15.6. The highest BCUT2D eigenvalue weighted by molar-refractivity contribution is 6.17. The molecule has 140 valence electrons. The standard InChI is InChI=1S/C23H29ClO2/c1-22-12-9-19-18-8-6-17(25)15-16(18)5-7-20(19)21(22)10-13-23(22,26)11-3-2-4-14-24/h6,8,15,19-21,25-26H,2,4-5,7,9-10,12-14H2,1H3/t19-,20-,21+,22+,23+/m1/s1. The van der Waals surface area contributed by atoms with Gasteiger partial charge in [0, 0.05) is 17.7 Å². The number of unbranched alkanes of at least 4 members (excludes halogenated alkanes) is 1. The highest BCUT2D eigenvalue weighted by Gasteiger charge is 2.61. The lowest BCUT2D eigenvalue weighted by atomic mass is 9.53. The second kappa shape index (κ2) is 6.77. The van der Waals surface area contributed by atoms with Crippen molar-refractivity contribution in [1.82, 2.24) is 0 Å². The Kier molecular flexibility index (Phi) is 4.74. The molecule has 0 unspecified atom stereocenters. The molecule has 0 radical (unpaired) electrons. The summed E-state index contributed by atoms with van der Waals surface area (Å²) >= 11 is 5.75. The highest BCUT2D eigenvalue weighted by Crippen LogP contribution is 2.64. The predicted octanol–water partition coefficient (Wildman–Crippen LogP) is 5.00. The van der Waals surface area contributed by atoms with Gasteiger partial charge in [-0.3, -0.25) is 0 Å². The lowest BCUT2D eigenvalue weighted by molar-refractivity contribution is -0.0648. The molecule has 5 atom stereocenters. The smallest absolute Gasteiger partial charge is 0.131 e. The first-order valence-corrected chi connectivity index (χ1v) is 10.6. The van der Waals surface area contributed by atoms with Crippen molar-refractivity contribution in [3.05, 3.63) is 29.3 Å². The Morgan fingerprint density at radius 1 is 1.23 bits per heavy atom. The molecule has 1 aromatic rings. The number of hydrogen-bond acceptors (Lipinski definition) is 2. The molecule has 0 amide bonds. The number of phenolic OH excluding ortho intramolecular Hbond substituents is 1. The lowest BCUT2D eigenvalue weighted by Crippen LogP contribution is -2.50. The fourth-order valence-electron chi connectivity index (χ4n) is 6.15. The number of aliphatic hydroxyl groups is 1. The summed E-state index contributed by atoms with van der Waals surface area (Å²) in [6, 6.07) is 5.92. The molecule has 3 heteroatoms. The summed E-state index contributed by atoms with van der Waals surface area (Å²) < 4.78 is 0. The minimum atomic E-state index is -0.843. The minimum absolute atomic E-state index is 0.101. The number of aryl methyl sites for hydroxylation is 1. The Morgan fingerprint density at radius 3 is 2.88 bits per heavy atom. The number of phenols is 1. The number of fused-ring (bicyclic) bond motifs is 5. The number of rotatable bonds is 2. The van der Waals surface area contributed by atoms with Crippen LogP contribution in [0.3, 0.4) is 0 Å². The molecule has 0 aliphatic heterocycles. The van der Waals surface area contributed by atoms with Crippen LogP contribution in [0.5, 0.6) is 5.75 Å². The summed E-state index contributed by atoms with van der Waals surface area (Å²) in [6.45, 7) is 2.28. The van der Waals surface area contributed by atoms with Gasteiger partial charge in [-0.25, -0.2) is 0 Å². The van der Waals surface area contributed by atoms with E-state index in [4.69, 9.17) is 11.6 Å². The SMILES string of the molecule is C[C@]12CC[C@@H]3c4ccc(O)cc4CC[C@H]3[C@@H]1CC[C@@]2(O)C#CCCCCl. The fraction of sp³-hybridized carbons (Fsp3) is 0.652. The van der Waals surface area contributed by atoms with Crippen LogP contribution in [-0.4, -0.2) is 21.7 Å². The van der Waals surface area contributed by atoms with Gasteiger partial charge in [-0.1, -0.05) is 18.9 Å². The molecule has 0 aromatic heterocycles. The molecule has 2 N–H and O–H groups in total. The molecule has 3 aliphatic carbocycles. The maximum absolute atomic E-state index is 11.4. The van der Waals surface area contributed by atoms with E-state index in [9.17, 15) is 10.2 Å². The van der Waals surface area contributed by atoms with Crippen LogP contribution in [-0.2, 0) is 6.42 Å². The summed E-state index contributed by atoms with van der Waals surface area (Å²) in [4.78, 5) is 0. The topological polar surface area (TPSA) is 40.5 Å². The molecular weight excluding hydrogens is 344 g/mol. The van der Waals surface area contributed by atoms with Crippen molar-refractivity contribution >= 4 is 11.6 Å². The Bertz CT molecular complexity index is 748. The number of aromatic hydroxyl groups is 1. The van der Waals surface area contributed by atoms with Gasteiger partial charge in [-0.05, 0) is 86.0 Å². The Labute approximate surface area is 162 Å². The maximum Gasteiger partial charge on any atom is 0.131 e. The fourth-order valence-corrected chi connectivity index (χ4v) is 6.29. The first-order valence-electron chi connectivity index (χ1n) is 10.1. The number of alkyl halides is 1. The largest absolute Gasteiger partial charge is 0.508 e. The average molecular weight is 373 g/mol. The third-order valence-corrected chi connectivity index (χ3v) is 7.86. The van der Waals surface area contributed by atoms with E-state index < -0.39 is 5.60 Å². The summed E-state index contributed by atoms with van der Waals surface area (Å²) in [5.41, 5.74) is 1.81. The summed E-state index contributed by atoms with van der Waals surface area (Å²) in [5.74, 6) is 9.23. The van der Waals surface area contributed by atoms with Gasteiger partial charge in [0.2, 0.25) is 0 Å². The van der Waals surface area contributed by atoms with Crippen molar-refractivity contribution in [1.29, 1.82) is 0 Å². The van der Waals surface area contributed by atoms with Gasteiger partial charge < -0.3 is 10.2 Å². The molecule has 1 aromatic carbocycles. The van der Waals surface area contributed by atoms with Crippen molar-refractivity contribution < 1.29 is 10.2 Å². The molecule has 0 bridgehead atoms. The monoisotopic (exact) mass is 372 g/mol. The quantitative estimate of drug-likeness (QED) is 0.435. The van der Waals surface area contributed by atoms with E-state index in [-0.39, 0.29) is 5.41 Å². The van der Waals surface area contributed by atoms with Gasteiger partial charge in [0.1, 0.15) is 11.4 Å². The summed E-state index contributed by atoms with van der Waals surface area (Å²) in [7, 11) is 0. The van der Waals surface area contributed by atoms with E-state index in [1.165, 1.54) is 11.1 Å². The normalized spacial score (nSPS) is 37.9. The third kappa shape index (κ3) is 2.76. The molecule has 0 saturated heterocycles. The van der Waals surface area contributed by atoms with Crippen LogP contribution in [0.25, 0.3) is 0 Å². The van der Waals surface area contributed by atoms with E-state index in [1.54, 1.807) is 0 Å². The Hall–Kier alpha value is -1.17. The van der Waals surface area contributed by atoms with Crippen LogP contribution in [0.2, 0.25) is 0 Å². The van der Waals surface area contributed by atoms with Gasteiger partial charge in [0.15, 0.2) is 0 Å². The first-order chi connectivity index (χ1) is 12.5. The third-order valence-electron chi connectivity index (χ3n) is 7.59. The summed E-state index contributed by atoms with van der Waals surface area (Å²) in [6.07, 6.45) is 7.88. The van der Waals surface area contributed by atoms with Gasteiger partial charge in [0.05, 0.1) is 0 Å². The zero-order valence-corrected chi connectivity index (χ0v) is 16.4. The van der Waals surface area contributed by atoms with E-state index in [2.05, 4.69) is 24.8 Å². The van der Waals surface area contributed by atoms with Crippen LogP contribution in [0.4, 0.5) is 0 Å². The van der Waals surface area contributed by atoms with Crippen LogP contribution >= 0.6 is 11.6 Å². The molecule has 26 heavy (non-hydrogen) atoms. The van der Waals surface area contributed by atoms with Crippen LogP contribution in [0.1, 0.15) is 68.9 Å².